The molecule has 4 rings (SSSR count). The van der Waals surface area contributed by atoms with Gasteiger partial charge in [0, 0.05) is 18.7 Å². The molecule has 0 bridgehead atoms. The summed E-state index contributed by atoms with van der Waals surface area (Å²) >= 11 is 0. The van der Waals surface area contributed by atoms with Crippen molar-refractivity contribution in [2.75, 3.05) is 17.8 Å². The van der Waals surface area contributed by atoms with Gasteiger partial charge in [0.1, 0.15) is 0 Å². The van der Waals surface area contributed by atoms with Gasteiger partial charge in [-0.1, -0.05) is 54.6 Å². The highest BCUT2D eigenvalue weighted by atomic mass is 32.2. The Kier molecular flexibility index (Phi) is 6.61. The van der Waals surface area contributed by atoms with Crippen LogP contribution in [0.3, 0.4) is 0 Å². The van der Waals surface area contributed by atoms with Crippen LogP contribution in [-0.2, 0) is 16.4 Å². The van der Waals surface area contributed by atoms with Crippen molar-refractivity contribution in [1.82, 2.24) is 4.90 Å². The fourth-order valence-electron chi connectivity index (χ4n) is 4.16. The fraction of sp³-hybridized carbons (Fsp3) is 0.269. The highest BCUT2D eigenvalue weighted by Crippen LogP contribution is 2.24. The Morgan fingerprint density at radius 2 is 1.62 bits per heavy atom. The van der Waals surface area contributed by atoms with E-state index in [2.05, 4.69) is 29.0 Å². The summed E-state index contributed by atoms with van der Waals surface area (Å²) < 4.78 is 28.4. The van der Waals surface area contributed by atoms with Crippen LogP contribution in [0.5, 0.6) is 0 Å². The van der Waals surface area contributed by atoms with Gasteiger partial charge in [-0.3, -0.25) is 9.52 Å². The standard InChI is InChI=1S/C26H28N2O3S/c1-20-8-5-6-13-25(20)27-32(30,31)24-12-7-11-23(19-24)26(29)28-16-14-22(15-17-28)18-21-9-3-2-4-10-21/h2-13,19,22,27H,14-18H2,1H3. The molecule has 1 amide bonds. The Hall–Kier alpha value is -3.12. The molecule has 6 heteroatoms. The van der Waals surface area contributed by atoms with E-state index in [0.717, 1.165) is 24.8 Å². The molecule has 1 aliphatic rings. The van der Waals surface area contributed by atoms with Crippen LogP contribution in [0.15, 0.2) is 83.8 Å². The first-order valence-corrected chi connectivity index (χ1v) is 12.4. The summed E-state index contributed by atoms with van der Waals surface area (Å²) in [5, 5.41) is 0. The minimum absolute atomic E-state index is 0.0885. The third-order valence-electron chi connectivity index (χ3n) is 6.05. The zero-order valence-corrected chi connectivity index (χ0v) is 19.0. The average Bonchev–Trinajstić information content (AvgIpc) is 2.81. The van der Waals surface area contributed by atoms with E-state index in [4.69, 9.17) is 0 Å². The molecule has 0 aromatic heterocycles. The molecule has 0 saturated carbocycles. The summed E-state index contributed by atoms with van der Waals surface area (Å²) in [4.78, 5) is 15.0. The Morgan fingerprint density at radius 3 is 2.34 bits per heavy atom. The van der Waals surface area contributed by atoms with Crippen LogP contribution >= 0.6 is 0 Å². The lowest BCUT2D eigenvalue weighted by Crippen LogP contribution is -2.39. The quantitative estimate of drug-likeness (QED) is 0.584. The van der Waals surface area contributed by atoms with Crippen molar-refractivity contribution in [1.29, 1.82) is 0 Å². The predicted molar refractivity (Wildman–Crippen MR) is 127 cm³/mol. The van der Waals surface area contributed by atoms with Crippen molar-refractivity contribution in [2.45, 2.75) is 31.1 Å². The molecule has 3 aromatic rings. The topological polar surface area (TPSA) is 66.5 Å². The first kappa shape index (κ1) is 22.1. The van der Waals surface area contributed by atoms with E-state index in [9.17, 15) is 13.2 Å². The second-order valence-electron chi connectivity index (χ2n) is 8.37. The molecule has 0 atom stereocenters. The summed E-state index contributed by atoms with van der Waals surface area (Å²) in [6.07, 6.45) is 2.93. The van der Waals surface area contributed by atoms with Crippen molar-refractivity contribution in [3.05, 3.63) is 95.6 Å². The SMILES string of the molecule is Cc1ccccc1NS(=O)(=O)c1cccc(C(=O)N2CCC(Cc3ccccc3)CC2)c1. The monoisotopic (exact) mass is 448 g/mol. The van der Waals surface area contributed by atoms with Crippen LogP contribution in [0.1, 0.15) is 34.3 Å². The minimum Gasteiger partial charge on any atom is -0.339 e. The number of carbonyl (C=O) groups is 1. The van der Waals surface area contributed by atoms with Crippen molar-refractivity contribution in [3.8, 4) is 0 Å². The fourth-order valence-corrected chi connectivity index (χ4v) is 5.33. The maximum Gasteiger partial charge on any atom is 0.261 e. The van der Waals surface area contributed by atoms with Gasteiger partial charge in [-0.2, -0.15) is 0 Å². The summed E-state index contributed by atoms with van der Waals surface area (Å²) in [7, 11) is -3.79. The van der Waals surface area contributed by atoms with E-state index in [1.165, 1.54) is 17.7 Å². The molecule has 0 aliphatic carbocycles. The summed E-state index contributed by atoms with van der Waals surface area (Å²) in [5.41, 5.74) is 3.10. The number of sulfonamides is 1. The number of rotatable bonds is 6. The number of piperidine rings is 1. The molecule has 1 heterocycles. The Labute approximate surface area is 190 Å². The number of amides is 1. The first-order valence-electron chi connectivity index (χ1n) is 10.9. The minimum atomic E-state index is -3.79. The van der Waals surface area contributed by atoms with Crippen molar-refractivity contribution < 1.29 is 13.2 Å². The number of nitrogens with one attached hydrogen (secondary N) is 1. The molecule has 5 nitrogen and oxygen atoms in total. The second-order valence-corrected chi connectivity index (χ2v) is 10.1. The molecule has 1 aliphatic heterocycles. The lowest BCUT2D eigenvalue weighted by atomic mass is 9.90. The van der Waals surface area contributed by atoms with Gasteiger partial charge in [-0.05, 0) is 67.5 Å². The second kappa shape index (κ2) is 9.57. The summed E-state index contributed by atoms with van der Waals surface area (Å²) in [6, 6.07) is 23.9. The lowest BCUT2D eigenvalue weighted by Gasteiger charge is -2.32. The number of likely N-dealkylation sites (tertiary alicyclic amines) is 1. The van der Waals surface area contributed by atoms with Gasteiger partial charge in [0.25, 0.3) is 15.9 Å². The van der Waals surface area contributed by atoms with Crippen molar-refractivity contribution in [3.63, 3.8) is 0 Å². The van der Waals surface area contributed by atoms with E-state index >= 15 is 0 Å². The molecule has 1 fully saturated rings. The van der Waals surface area contributed by atoms with Crippen molar-refractivity contribution in [2.24, 2.45) is 5.92 Å². The third-order valence-corrected chi connectivity index (χ3v) is 7.41. The number of nitrogens with zero attached hydrogens (tertiary/aromatic N) is 1. The Balaban J connectivity index is 1.42. The van der Waals surface area contributed by atoms with E-state index in [1.807, 2.05) is 30.0 Å². The third kappa shape index (κ3) is 5.19. The van der Waals surface area contributed by atoms with Crippen LogP contribution in [0, 0.1) is 12.8 Å². The van der Waals surface area contributed by atoms with Crippen LogP contribution in [0.4, 0.5) is 5.69 Å². The van der Waals surface area contributed by atoms with Crippen molar-refractivity contribution >= 4 is 21.6 Å². The highest BCUT2D eigenvalue weighted by molar-refractivity contribution is 7.92. The van der Waals surface area contributed by atoms with Gasteiger partial charge in [-0.15, -0.1) is 0 Å². The van der Waals surface area contributed by atoms with E-state index in [1.54, 1.807) is 24.3 Å². The van der Waals surface area contributed by atoms with Gasteiger partial charge in [0.2, 0.25) is 0 Å². The van der Waals surface area contributed by atoms with E-state index in [-0.39, 0.29) is 10.8 Å². The number of para-hydroxylation sites is 1. The molecule has 166 valence electrons. The lowest BCUT2D eigenvalue weighted by molar-refractivity contribution is 0.0690. The van der Waals surface area contributed by atoms with Gasteiger partial charge >= 0.3 is 0 Å². The van der Waals surface area contributed by atoms with Crippen LogP contribution in [-0.4, -0.2) is 32.3 Å². The van der Waals surface area contributed by atoms with E-state index in [0.29, 0.717) is 30.3 Å². The molecular formula is C26H28N2O3S. The van der Waals surface area contributed by atoms with Crippen LogP contribution in [0.25, 0.3) is 0 Å². The summed E-state index contributed by atoms with van der Waals surface area (Å²) in [6.45, 7) is 3.22. The number of benzene rings is 3. The molecular weight excluding hydrogens is 420 g/mol. The molecule has 0 unspecified atom stereocenters. The number of hydrogen-bond acceptors (Lipinski definition) is 3. The van der Waals surface area contributed by atoms with Crippen LogP contribution < -0.4 is 4.72 Å². The molecule has 32 heavy (non-hydrogen) atoms. The number of carbonyl (C=O) groups excluding carboxylic acids is 1. The normalized spacial score (nSPS) is 14.8. The molecule has 1 N–H and O–H groups in total. The van der Waals surface area contributed by atoms with Gasteiger partial charge in [0.15, 0.2) is 0 Å². The zero-order chi connectivity index (χ0) is 22.6. The van der Waals surface area contributed by atoms with Crippen LogP contribution in [0.2, 0.25) is 0 Å². The van der Waals surface area contributed by atoms with Gasteiger partial charge in [0.05, 0.1) is 10.6 Å². The molecule has 3 aromatic carbocycles. The van der Waals surface area contributed by atoms with Gasteiger partial charge < -0.3 is 4.90 Å². The Morgan fingerprint density at radius 1 is 0.938 bits per heavy atom. The number of hydrogen-bond donors (Lipinski definition) is 1. The van der Waals surface area contributed by atoms with Gasteiger partial charge in [-0.25, -0.2) is 8.42 Å². The largest absolute Gasteiger partial charge is 0.339 e. The first-order chi connectivity index (χ1) is 15.4. The average molecular weight is 449 g/mol. The number of aryl methyl sites for hydroxylation is 1. The summed E-state index contributed by atoms with van der Waals surface area (Å²) in [5.74, 6) is 0.447. The maximum absolute atomic E-state index is 13.1. The molecule has 1 saturated heterocycles. The molecule has 0 spiro atoms. The smallest absolute Gasteiger partial charge is 0.261 e. The number of anilines is 1. The molecule has 0 radical (unpaired) electrons. The zero-order valence-electron chi connectivity index (χ0n) is 18.2. The Bertz CT molecular complexity index is 1180. The highest BCUT2D eigenvalue weighted by Gasteiger charge is 2.25. The van der Waals surface area contributed by atoms with E-state index < -0.39 is 10.0 Å². The predicted octanol–water partition coefficient (Wildman–Crippen LogP) is 4.89. The maximum atomic E-state index is 13.1.